The molecular formula is C28H32ClN2O6+. The number of ether oxygens (including phenoxy) is 3. The van der Waals surface area contributed by atoms with Crippen LogP contribution in [-0.2, 0) is 4.74 Å². The molecule has 2 aliphatic rings. The van der Waals surface area contributed by atoms with E-state index in [0.29, 0.717) is 66.0 Å². The molecule has 1 aromatic heterocycles. The standard InChI is InChI=1S/C28H31ClN2O6/c1-3-13-36-22-7-5-18(16-23(22)35-4-2)25-24-26(32)20-17-19(29)6-8-21(20)37-27(24)28(33)31(25)10-9-30-11-14-34-15-12-30/h5-8,16-17,25H,3-4,9-15H2,1-2H3/p+1/t25-/m0/s1. The predicted molar refractivity (Wildman–Crippen MR) is 140 cm³/mol. The molecule has 1 fully saturated rings. The number of carbonyl (C=O) groups excluding carboxylic acids is 1. The highest BCUT2D eigenvalue weighted by Crippen LogP contribution is 2.41. The highest BCUT2D eigenvalue weighted by molar-refractivity contribution is 6.31. The summed E-state index contributed by atoms with van der Waals surface area (Å²) in [6, 6.07) is 9.90. The Morgan fingerprint density at radius 3 is 2.62 bits per heavy atom. The summed E-state index contributed by atoms with van der Waals surface area (Å²) >= 11 is 6.20. The Labute approximate surface area is 220 Å². The predicted octanol–water partition coefficient (Wildman–Crippen LogP) is 3.09. The van der Waals surface area contributed by atoms with E-state index in [4.69, 9.17) is 30.2 Å². The van der Waals surface area contributed by atoms with E-state index in [2.05, 4.69) is 0 Å². The van der Waals surface area contributed by atoms with Crippen molar-refractivity contribution in [3.05, 3.63) is 68.5 Å². The van der Waals surface area contributed by atoms with E-state index in [0.717, 1.165) is 31.6 Å². The summed E-state index contributed by atoms with van der Waals surface area (Å²) in [7, 11) is 0. The summed E-state index contributed by atoms with van der Waals surface area (Å²) < 4.78 is 23.3. The average molecular weight is 528 g/mol. The lowest BCUT2D eigenvalue weighted by molar-refractivity contribution is -0.907. The van der Waals surface area contributed by atoms with Gasteiger partial charge < -0.3 is 28.4 Å². The smallest absolute Gasteiger partial charge is 0.291 e. The number of halogens is 1. The maximum absolute atomic E-state index is 13.8. The molecule has 9 heteroatoms. The van der Waals surface area contributed by atoms with Crippen LogP contribution < -0.4 is 19.8 Å². The molecule has 1 N–H and O–H groups in total. The molecule has 0 saturated carbocycles. The third-order valence-corrected chi connectivity index (χ3v) is 7.11. The van der Waals surface area contributed by atoms with Gasteiger partial charge in [0.2, 0.25) is 5.76 Å². The highest BCUT2D eigenvalue weighted by Gasteiger charge is 2.43. The van der Waals surface area contributed by atoms with Crippen LogP contribution in [0.5, 0.6) is 11.5 Å². The van der Waals surface area contributed by atoms with Crippen molar-refractivity contribution >= 4 is 28.5 Å². The number of nitrogens with one attached hydrogen (secondary N) is 1. The quantitative estimate of drug-likeness (QED) is 0.460. The van der Waals surface area contributed by atoms with Gasteiger partial charge in [-0.05, 0) is 49.2 Å². The summed E-state index contributed by atoms with van der Waals surface area (Å²) in [6.45, 7) is 9.37. The maximum Gasteiger partial charge on any atom is 0.291 e. The van der Waals surface area contributed by atoms with Crippen LogP contribution in [0.2, 0.25) is 5.02 Å². The second-order valence-electron chi connectivity index (χ2n) is 9.32. The zero-order valence-electron chi connectivity index (χ0n) is 21.2. The number of morpholine rings is 1. The summed E-state index contributed by atoms with van der Waals surface area (Å²) in [6.07, 6.45) is 0.867. The van der Waals surface area contributed by atoms with Gasteiger partial charge in [-0.2, -0.15) is 0 Å². The molecule has 0 unspecified atom stereocenters. The number of amides is 1. The highest BCUT2D eigenvalue weighted by atomic mass is 35.5. The summed E-state index contributed by atoms with van der Waals surface area (Å²) in [5, 5.41) is 0.794. The van der Waals surface area contributed by atoms with Gasteiger partial charge in [-0.1, -0.05) is 24.6 Å². The SMILES string of the molecule is CCCOc1ccc([C@H]2c3c(oc4ccc(Cl)cc4c3=O)C(=O)N2CC[NH+]2CCOCC2)cc1OCC. The number of hydrogen-bond acceptors (Lipinski definition) is 6. The van der Waals surface area contributed by atoms with Crippen LogP contribution in [-0.4, -0.2) is 63.4 Å². The number of quaternary nitrogens is 1. The molecule has 3 heterocycles. The molecule has 0 spiro atoms. The Morgan fingerprint density at radius 1 is 1.05 bits per heavy atom. The van der Waals surface area contributed by atoms with Crippen molar-refractivity contribution in [3.63, 3.8) is 0 Å². The number of rotatable bonds is 9. The molecule has 37 heavy (non-hydrogen) atoms. The van der Waals surface area contributed by atoms with Gasteiger partial charge in [0.15, 0.2) is 16.9 Å². The Balaban J connectivity index is 1.60. The fourth-order valence-electron chi connectivity index (χ4n) is 5.05. The van der Waals surface area contributed by atoms with Gasteiger partial charge in [0.05, 0.1) is 56.5 Å². The minimum absolute atomic E-state index is 0.0890. The first-order valence-electron chi connectivity index (χ1n) is 12.9. The zero-order valence-corrected chi connectivity index (χ0v) is 21.9. The number of benzene rings is 2. The van der Waals surface area contributed by atoms with Gasteiger partial charge in [-0.25, -0.2) is 0 Å². The molecule has 8 nitrogen and oxygen atoms in total. The van der Waals surface area contributed by atoms with Gasteiger partial charge in [-0.3, -0.25) is 9.59 Å². The third kappa shape index (κ3) is 5.06. The van der Waals surface area contributed by atoms with Crippen LogP contribution in [0.3, 0.4) is 0 Å². The van der Waals surface area contributed by atoms with Crippen LogP contribution in [0.15, 0.2) is 45.6 Å². The Kier molecular flexibility index (Phi) is 7.69. The lowest BCUT2D eigenvalue weighted by Gasteiger charge is -2.29. The first-order valence-corrected chi connectivity index (χ1v) is 13.3. The molecule has 2 aliphatic heterocycles. The number of nitrogens with zero attached hydrogens (tertiary/aromatic N) is 1. The van der Waals surface area contributed by atoms with E-state index in [-0.39, 0.29) is 17.1 Å². The van der Waals surface area contributed by atoms with E-state index < -0.39 is 6.04 Å². The van der Waals surface area contributed by atoms with Crippen LogP contribution in [0.25, 0.3) is 11.0 Å². The van der Waals surface area contributed by atoms with Crippen molar-refractivity contribution in [2.75, 3.05) is 52.6 Å². The zero-order chi connectivity index (χ0) is 25.9. The molecule has 1 saturated heterocycles. The summed E-state index contributed by atoms with van der Waals surface area (Å²) in [4.78, 5) is 30.6. The number of hydrogen-bond donors (Lipinski definition) is 1. The molecule has 0 aliphatic carbocycles. The lowest BCUT2D eigenvalue weighted by atomic mass is 9.98. The fourth-order valence-corrected chi connectivity index (χ4v) is 5.22. The molecule has 1 amide bonds. The van der Waals surface area contributed by atoms with E-state index in [1.54, 1.807) is 23.1 Å². The molecule has 2 aromatic carbocycles. The molecule has 3 aromatic rings. The summed E-state index contributed by atoms with van der Waals surface area (Å²) in [5.74, 6) is 1.02. The van der Waals surface area contributed by atoms with Crippen molar-refractivity contribution in [2.45, 2.75) is 26.3 Å². The minimum Gasteiger partial charge on any atom is -0.490 e. The van der Waals surface area contributed by atoms with E-state index in [1.807, 2.05) is 32.0 Å². The fraction of sp³-hybridized carbons (Fsp3) is 0.429. The third-order valence-electron chi connectivity index (χ3n) is 6.88. The molecule has 196 valence electrons. The van der Waals surface area contributed by atoms with Crippen LogP contribution in [0, 0.1) is 0 Å². The molecule has 0 radical (unpaired) electrons. The Morgan fingerprint density at radius 2 is 1.86 bits per heavy atom. The summed E-state index contributed by atoms with van der Waals surface area (Å²) in [5.41, 5.74) is 1.20. The normalized spacial score (nSPS) is 17.9. The Bertz CT molecular complexity index is 1350. The minimum atomic E-state index is -0.609. The van der Waals surface area contributed by atoms with Crippen molar-refractivity contribution in [2.24, 2.45) is 0 Å². The molecule has 5 rings (SSSR count). The number of carbonyl (C=O) groups is 1. The first-order chi connectivity index (χ1) is 18.0. The number of fused-ring (bicyclic) bond motifs is 2. The largest absolute Gasteiger partial charge is 0.490 e. The van der Waals surface area contributed by atoms with Crippen molar-refractivity contribution in [1.82, 2.24) is 4.90 Å². The van der Waals surface area contributed by atoms with Crippen LogP contribution in [0.1, 0.15) is 48.0 Å². The van der Waals surface area contributed by atoms with Gasteiger partial charge in [0.25, 0.3) is 5.91 Å². The first kappa shape index (κ1) is 25.6. The van der Waals surface area contributed by atoms with Gasteiger partial charge in [0, 0.05) is 5.02 Å². The van der Waals surface area contributed by atoms with E-state index in [9.17, 15) is 9.59 Å². The Hall–Kier alpha value is -3.07. The lowest BCUT2D eigenvalue weighted by Crippen LogP contribution is -3.14. The van der Waals surface area contributed by atoms with Gasteiger partial charge in [0.1, 0.15) is 18.7 Å². The van der Waals surface area contributed by atoms with Crippen molar-refractivity contribution in [1.29, 1.82) is 0 Å². The molecular weight excluding hydrogens is 496 g/mol. The van der Waals surface area contributed by atoms with Crippen molar-refractivity contribution < 1.29 is 28.3 Å². The van der Waals surface area contributed by atoms with Gasteiger partial charge >= 0.3 is 0 Å². The van der Waals surface area contributed by atoms with E-state index >= 15 is 0 Å². The van der Waals surface area contributed by atoms with E-state index in [1.165, 1.54) is 4.90 Å². The van der Waals surface area contributed by atoms with Crippen molar-refractivity contribution in [3.8, 4) is 11.5 Å². The van der Waals surface area contributed by atoms with Gasteiger partial charge in [-0.15, -0.1) is 0 Å². The van der Waals surface area contributed by atoms with Crippen LogP contribution in [0.4, 0.5) is 0 Å². The monoisotopic (exact) mass is 527 g/mol. The second-order valence-corrected chi connectivity index (χ2v) is 9.75. The maximum atomic E-state index is 13.8. The molecule has 1 atom stereocenters. The molecule has 0 bridgehead atoms. The van der Waals surface area contributed by atoms with Crippen LogP contribution >= 0.6 is 11.6 Å². The second kappa shape index (κ2) is 11.1. The average Bonchev–Trinajstić information content (AvgIpc) is 3.19. The topological polar surface area (TPSA) is 82.7 Å².